The molecule has 3 nitrogen and oxygen atoms in total. The molecule has 1 aromatic carbocycles. The molecule has 7 heteroatoms. The van der Waals surface area contributed by atoms with Crippen LogP contribution in [-0.4, -0.2) is 22.9 Å². The van der Waals surface area contributed by atoms with E-state index in [9.17, 15) is 17.6 Å². The Labute approximate surface area is 106 Å². The standard InChI is InChI=1S/C12H9F4N3/c13-8-1-3-9(4-2-8)19-11(18-5-6-18)7-10(17-19)12(14,15)16/h1-4,7H,5-6H2. The van der Waals surface area contributed by atoms with Gasteiger partial charge < -0.3 is 4.90 Å². The predicted molar refractivity (Wildman–Crippen MR) is 60.7 cm³/mol. The zero-order chi connectivity index (χ0) is 13.6. The van der Waals surface area contributed by atoms with Crippen molar-refractivity contribution in [3.63, 3.8) is 0 Å². The van der Waals surface area contributed by atoms with Crippen LogP contribution in [0.3, 0.4) is 0 Å². The first-order valence-corrected chi connectivity index (χ1v) is 5.63. The largest absolute Gasteiger partial charge is 0.435 e. The first-order valence-electron chi connectivity index (χ1n) is 5.63. The minimum Gasteiger partial charge on any atom is -0.353 e. The van der Waals surface area contributed by atoms with Gasteiger partial charge in [-0.15, -0.1) is 0 Å². The molecule has 1 fully saturated rings. The Hall–Kier alpha value is -2.05. The molecule has 1 aliphatic rings. The molecule has 3 rings (SSSR count). The summed E-state index contributed by atoms with van der Waals surface area (Å²) in [4.78, 5) is 1.76. The molecule has 0 atom stereocenters. The summed E-state index contributed by atoms with van der Waals surface area (Å²) in [7, 11) is 0. The number of nitrogens with zero attached hydrogens (tertiary/aromatic N) is 3. The van der Waals surface area contributed by atoms with Gasteiger partial charge in [-0.25, -0.2) is 9.07 Å². The van der Waals surface area contributed by atoms with Crippen LogP contribution >= 0.6 is 0 Å². The summed E-state index contributed by atoms with van der Waals surface area (Å²) in [5.41, 5.74) is -0.544. The quantitative estimate of drug-likeness (QED) is 0.618. The number of aromatic nitrogens is 2. The molecule has 0 amide bonds. The highest BCUT2D eigenvalue weighted by Gasteiger charge is 2.37. The highest BCUT2D eigenvalue weighted by molar-refractivity contribution is 5.52. The van der Waals surface area contributed by atoms with E-state index in [2.05, 4.69) is 5.10 Å². The molecule has 100 valence electrons. The molecular weight excluding hydrogens is 262 g/mol. The van der Waals surface area contributed by atoms with Crippen molar-refractivity contribution in [2.24, 2.45) is 0 Å². The maximum atomic E-state index is 12.8. The third-order valence-electron chi connectivity index (χ3n) is 2.82. The molecule has 0 radical (unpaired) electrons. The molecule has 0 aliphatic carbocycles. The van der Waals surface area contributed by atoms with E-state index in [0.29, 0.717) is 24.6 Å². The smallest absolute Gasteiger partial charge is 0.353 e. The third kappa shape index (κ3) is 2.27. The van der Waals surface area contributed by atoms with Gasteiger partial charge in [0.05, 0.1) is 5.69 Å². The molecule has 0 unspecified atom stereocenters. The van der Waals surface area contributed by atoms with E-state index in [-0.39, 0.29) is 0 Å². The van der Waals surface area contributed by atoms with Crippen LogP contribution < -0.4 is 4.90 Å². The highest BCUT2D eigenvalue weighted by atomic mass is 19.4. The van der Waals surface area contributed by atoms with Crippen molar-refractivity contribution in [2.45, 2.75) is 6.18 Å². The number of anilines is 1. The number of halogens is 4. The van der Waals surface area contributed by atoms with E-state index < -0.39 is 17.7 Å². The van der Waals surface area contributed by atoms with Crippen LogP contribution in [0.4, 0.5) is 23.4 Å². The number of hydrogen-bond acceptors (Lipinski definition) is 2. The summed E-state index contributed by atoms with van der Waals surface area (Å²) >= 11 is 0. The van der Waals surface area contributed by atoms with Gasteiger partial charge in [0.1, 0.15) is 11.6 Å². The lowest BCUT2D eigenvalue weighted by molar-refractivity contribution is -0.141. The van der Waals surface area contributed by atoms with Gasteiger partial charge in [-0.2, -0.15) is 18.3 Å². The summed E-state index contributed by atoms with van der Waals surface area (Å²) in [6.07, 6.45) is -4.49. The molecular formula is C12H9F4N3. The summed E-state index contributed by atoms with van der Waals surface area (Å²) < 4.78 is 52.1. The zero-order valence-corrected chi connectivity index (χ0v) is 9.65. The Morgan fingerprint density at radius 1 is 1.05 bits per heavy atom. The molecule has 0 N–H and O–H groups in total. The molecule has 2 heterocycles. The SMILES string of the molecule is Fc1ccc(-n2nc(C(F)(F)F)cc2N2CC2)cc1. The lowest BCUT2D eigenvalue weighted by atomic mass is 10.3. The van der Waals surface area contributed by atoms with E-state index in [1.54, 1.807) is 4.90 Å². The number of alkyl halides is 3. The van der Waals surface area contributed by atoms with Crippen LogP contribution in [0, 0.1) is 5.82 Å². The maximum Gasteiger partial charge on any atom is 0.435 e. The second-order valence-electron chi connectivity index (χ2n) is 4.26. The second-order valence-corrected chi connectivity index (χ2v) is 4.26. The van der Waals surface area contributed by atoms with Gasteiger partial charge in [0.15, 0.2) is 5.69 Å². The van der Waals surface area contributed by atoms with Crippen molar-refractivity contribution in [2.75, 3.05) is 18.0 Å². The van der Waals surface area contributed by atoms with Gasteiger partial charge in [-0.3, -0.25) is 0 Å². The Balaban J connectivity index is 2.08. The van der Waals surface area contributed by atoms with Crippen LogP contribution in [0.25, 0.3) is 5.69 Å². The Bertz CT molecular complexity index is 596. The summed E-state index contributed by atoms with van der Waals surface area (Å²) in [5, 5.41) is 3.57. The van der Waals surface area contributed by atoms with Crippen molar-refractivity contribution < 1.29 is 17.6 Å². The van der Waals surface area contributed by atoms with Gasteiger partial charge in [0.2, 0.25) is 0 Å². The molecule has 1 aromatic heterocycles. The molecule has 2 aromatic rings. The van der Waals surface area contributed by atoms with Crippen molar-refractivity contribution in [1.29, 1.82) is 0 Å². The summed E-state index contributed by atoms with van der Waals surface area (Å²) in [5.74, 6) is -0.0702. The number of hydrogen-bond donors (Lipinski definition) is 0. The van der Waals surface area contributed by atoms with Gasteiger partial charge >= 0.3 is 6.18 Å². The normalized spacial score (nSPS) is 14.8. The van der Waals surface area contributed by atoms with Gasteiger partial charge in [0, 0.05) is 19.2 Å². The zero-order valence-electron chi connectivity index (χ0n) is 9.65. The lowest BCUT2D eigenvalue weighted by Gasteiger charge is -2.07. The third-order valence-corrected chi connectivity index (χ3v) is 2.82. The molecule has 1 saturated heterocycles. The van der Waals surface area contributed by atoms with E-state index in [1.165, 1.54) is 28.9 Å². The maximum absolute atomic E-state index is 12.8. The average Bonchev–Trinajstić information content (AvgIpc) is 3.08. The topological polar surface area (TPSA) is 20.8 Å². The van der Waals surface area contributed by atoms with Crippen LogP contribution in [-0.2, 0) is 6.18 Å². The van der Waals surface area contributed by atoms with Gasteiger partial charge in [-0.05, 0) is 24.3 Å². The van der Waals surface area contributed by atoms with Crippen molar-refractivity contribution in [1.82, 2.24) is 9.78 Å². The Morgan fingerprint density at radius 2 is 1.68 bits per heavy atom. The first kappa shape index (κ1) is 12.0. The molecule has 0 saturated carbocycles. The predicted octanol–water partition coefficient (Wildman–Crippen LogP) is 2.85. The van der Waals surface area contributed by atoms with Crippen LogP contribution in [0.15, 0.2) is 30.3 Å². The highest BCUT2D eigenvalue weighted by Crippen LogP contribution is 2.34. The fourth-order valence-electron chi connectivity index (χ4n) is 1.79. The van der Waals surface area contributed by atoms with E-state index >= 15 is 0 Å². The van der Waals surface area contributed by atoms with E-state index in [4.69, 9.17) is 0 Å². The van der Waals surface area contributed by atoms with E-state index in [1.807, 2.05) is 0 Å². The van der Waals surface area contributed by atoms with Crippen LogP contribution in [0.5, 0.6) is 0 Å². The monoisotopic (exact) mass is 271 g/mol. The number of benzene rings is 1. The summed E-state index contributed by atoms with van der Waals surface area (Å²) in [6, 6.07) is 6.19. The first-order chi connectivity index (χ1) is 8.95. The van der Waals surface area contributed by atoms with Gasteiger partial charge in [0.25, 0.3) is 0 Å². The van der Waals surface area contributed by atoms with Crippen molar-refractivity contribution in [3.8, 4) is 5.69 Å². The molecule has 19 heavy (non-hydrogen) atoms. The Morgan fingerprint density at radius 3 is 2.21 bits per heavy atom. The number of rotatable bonds is 2. The average molecular weight is 271 g/mol. The minimum absolute atomic E-state index is 0.374. The van der Waals surface area contributed by atoms with Crippen molar-refractivity contribution in [3.05, 3.63) is 41.8 Å². The fraction of sp³-hybridized carbons (Fsp3) is 0.250. The lowest BCUT2D eigenvalue weighted by Crippen LogP contribution is -2.07. The second kappa shape index (κ2) is 3.97. The van der Waals surface area contributed by atoms with Crippen molar-refractivity contribution >= 4 is 5.82 Å². The fourth-order valence-corrected chi connectivity index (χ4v) is 1.79. The van der Waals surface area contributed by atoms with Gasteiger partial charge in [-0.1, -0.05) is 0 Å². The Kier molecular flexibility index (Phi) is 2.51. The van der Waals surface area contributed by atoms with Crippen LogP contribution in [0.2, 0.25) is 0 Å². The van der Waals surface area contributed by atoms with Crippen LogP contribution in [0.1, 0.15) is 5.69 Å². The minimum atomic E-state index is -4.49. The molecule has 1 aliphatic heterocycles. The summed E-state index contributed by atoms with van der Waals surface area (Å²) in [6.45, 7) is 1.40. The molecule has 0 bridgehead atoms. The molecule has 0 spiro atoms. The van der Waals surface area contributed by atoms with E-state index in [0.717, 1.165) is 6.07 Å².